The fraction of sp³-hybridized carbons (Fsp3) is 0.167. The molecule has 0 aliphatic carbocycles. The first-order valence-corrected chi connectivity index (χ1v) is 9.68. The molecule has 7 heteroatoms. The van der Waals surface area contributed by atoms with E-state index in [0.717, 1.165) is 5.56 Å². The van der Waals surface area contributed by atoms with Gasteiger partial charge in [0.05, 0.1) is 12.7 Å². The second kappa shape index (κ2) is 10.2. The molecule has 3 aromatic rings. The van der Waals surface area contributed by atoms with Gasteiger partial charge >= 0.3 is 0 Å². The monoisotopic (exact) mass is 420 g/mol. The fourth-order valence-electron chi connectivity index (χ4n) is 2.79. The molecule has 0 saturated carbocycles. The molecule has 0 radical (unpaired) electrons. The minimum absolute atomic E-state index is 0.167. The van der Waals surface area contributed by atoms with Crippen molar-refractivity contribution in [2.45, 2.75) is 19.6 Å². The predicted molar refractivity (Wildman–Crippen MR) is 117 cm³/mol. The molecule has 0 spiro atoms. The average Bonchev–Trinajstić information content (AvgIpc) is 2.79. The van der Waals surface area contributed by atoms with Gasteiger partial charge < -0.3 is 25.3 Å². The molecule has 0 aromatic heterocycles. The van der Waals surface area contributed by atoms with E-state index < -0.39 is 12.0 Å². The van der Waals surface area contributed by atoms with Crippen molar-refractivity contribution in [2.75, 3.05) is 12.4 Å². The van der Waals surface area contributed by atoms with E-state index in [9.17, 15) is 9.59 Å². The lowest BCUT2D eigenvalue weighted by atomic mass is 10.1. The maximum atomic E-state index is 12.5. The van der Waals surface area contributed by atoms with Crippen LogP contribution in [0.3, 0.4) is 0 Å². The van der Waals surface area contributed by atoms with Crippen molar-refractivity contribution in [1.29, 1.82) is 0 Å². The van der Waals surface area contributed by atoms with Crippen molar-refractivity contribution in [3.8, 4) is 17.2 Å². The van der Waals surface area contributed by atoms with Crippen molar-refractivity contribution < 1.29 is 23.8 Å². The lowest BCUT2D eigenvalue weighted by molar-refractivity contribution is -0.122. The number of carbonyl (C=O) groups is 2. The largest absolute Gasteiger partial charge is 0.497 e. The molecular weight excluding hydrogens is 396 g/mol. The van der Waals surface area contributed by atoms with Crippen molar-refractivity contribution in [3.05, 3.63) is 83.9 Å². The molecule has 7 nitrogen and oxygen atoms in total. The molecule has 1 unspecified atom stereocenters. The summed E-state index contributed by atoms with van der Waals surface area (Å²) in [5.41, 5.74) is 7.21. The molecule has 0 bridgehead atoms. The van der Waals surface area contributed by atoms with Crippen LogP contribution in [0.2, 0.25) is 0 Å². The van der Waals surface area contributed by atoms with E-state index in [2.05, 4.69) is 5.32 Å². The molecule has 3 N–H and O–H groups in total. The quantitative estimate of drug-likeness (QED) is 0.549. The second-order valence-electron chi connectivity index (χ2n) is 6.77. The van der Waals surface area contributed by atoms with Gasteiger partial charge in [0.15, 0.2) is 6.10 Å². The molecule has 3 rings (SSSR count). The van der Waals surface area contributed by atoms with Crippen LogP contribution in [-0.2, 0) is 11.4 Å². The van der Waals surface area contributed by atoms with Crippen LogP contribution in [0.5, 0.6) is 17.2 Å². The number of amides is 2. The average molecular weight is 420 g/mol. The van der Waals surface area contributed by atoms with Crippen LogP contribution in [0.25, 0.3) is 0 Å². The van der Waals surface area contributed by atoms with Crippen LogP contribution in [0.1, 0.15) is 22.8 Å². The number of methoxy groups -OCH3 is 1. The van der Waals surface area contributed by atoms with Crippen LogP contribution in [0.4, 0.5) is 5.69 Å². The number of rotatable bonds is 9. The zero-order valence-electron chi connectivity index (χ0n) is 17.3. The SMILES string of the molecule is COc1ccc(C(N)=O)c(OC(C)C(=O)Nc2ccc(OCc3ccccc3)cc2)c1. The highest BCUT2D eigenvalue weighted by molar-refractivity contribution is 5.97. The summed E-state index contributed by atoms with van der Waals surface area (Å²) in [7, 11) is 1.49. The number of ether oxygens (including phenoxy) is 3. The summed E-state index contributed by atoms with van der Waals surface area (Å²) < 4.78 is 16.6. The molecule has 3 aromatic carbocycles. The Balaban J connectivity index is 1.59. The van der Waals surface area contributed by atoms with Gasteiger partial charge in [-0.2, -0.15) is 0 Å². The van der Waals surface area contributed by atoms with E-state index in [1.54, 1.807) is 37.3 Å². The maximum absolute atomic E-state index is 12.5. The van der Waals surface area contributed by atoms with Gasteiger partial charge in [-0.3, -0.25) is 9.59 Å². The van der Waals surface area contributed by atoms with E-state index in [1.807, 2.05) is 30.3 Å². The summed E-state index contributed by atoms with van der Waals surface area (Å²) in [5, 5.41) is 2.77. The number of benzene rings is 3. The van der Waals surface area contributed by atoms with Crippen LogP contribution < -0.4 is 25.3 Å². The van der Waals surface area contributed by atoms with E-state index in [1.165, 1.54) is 19.2 Å². The Morgan fingerprint density at radius 2 is 1.65 bits per heavy atom. The minimum Gasteiger partial charge on any atom is -0.497 e. The number of nitrogens with two attached hydrogens (primary N) is 1. The Hall–Kier alpha value is -4.00. The number of primary amides is 1. The molecular formula is C24H24N2O5. The van der Waals surface area contributed by atoms with Gasteiger partial charge in [0.2, 0.25) is 0 Å². The molecule has 0 fully saturated rings. The minimum atomic E-state index is -0.876. The van der Waals surface area contributed by atoms with E-state index >= 15 is 0 Å². The Morgan fingerprint density at radius 1 is 0.968 bits per heavy atom. The van der Waals surface area contributed by atoms with Gasteiger partial charge in [0.25, 0.3) is 11.8 Å². The predicted octanol–water partition coefficient (Wildman–Crippen LogP) is 3.78. The van der Waals surface area contributed by atoms with Gasteiger partial charge in [0.1, 0.15) is 23.9 Å². The molecule has 0 aliphatic rings. The summed E-state index contributed by atoms with van der Waals surface area (Å²) in [6.45, 7) is 2.04. The van der Waals surface area contributed by atoms with Crippen LogP contribution in [0, 0.1) is 0 Å². The number of anilines is 1. The van der Waals surface area contributed by atoms with Crippen molar-refractivity contribution >= 4 is 17.5 Å². The van der Waals surface area contributed by atoms with Crippen molar-refractivity contribution in [3.63, 3.8) is 0 Å². The highest BCUT2D eigenvalue weighted by Crippen LogP contribution is 2.26. The first-order chi connectivity index (χ1) is 15.0. The summed E-state index contributed by atoms with van der Waals surface area (Å²) in [6.07, 6.45) is -0.876. The topological polar surface area (TPSA) is 99.9 Å². The first kappa shape index (κ1) is 21.7. The van der Waals surface area contributed by atoms with Crippen LogP contribution in [0.15, 0.2) is 72.8 Å². The van der Waals surface area contributed by atoms with E-state index in [0.29, 0.717) is 23.8 Å². The molecule has 1 atom stereocenters. The molecule has 0 saturated heterocycles. The standard InChI is InChI=1S/C24H24N2O5/c1-16(31-22-14-20(29-2)12-13-21(22)23(25)27)24(28)26-18-8-10-19(11-9-18)30-15-17-6-4-3-5-7-17/h3-14,16H,15H2,1-2H3,(H2,25,27)(H,26,28). The summed E-state index contributed by atoms with van der Waals surface area (Å²) in [4.78, 5) is 24.2. The van der Waals surface area contributed by atoms with Crippen molar-refractivity contribution in [2.24, 2.45) is 5.73 Å². The Labute approximate surface area is 180 Å². The van der Waals surface area contributed by atoms with Gasteiger partial charge in [-0.15, -0.1) is 0 Å². The zero-order chi connectivity index (χ0) is 22.2. The molecule has 160 valence electrons. The lowest BCUT2D eigenvalue weighted by Gasteiger charge is -2.17. The van der Waals surface area contributed by atoms with Gasteiger partial charge in [-0.1, -0.05) is 30.3 Å². The number of carbonyl (C=O) groups excluding carboxylic acids is 2. The molecule has 0 aliphatic heterocycles. The molecule has 0 heterocycles. The van der Waals surface area contributed by atoms with Gasteiger partial charge in [0, 0.05) is 11.8 Å². The van der Waals surface area contributed by atoms with E-state index in [4.69, 9.17) is 19.9 Å². The molecule has 2 amide bonds. The second-order valence-corrected chi connectivity index (χ2v) is 6.77. The maximum Gasteiger partial charge on any atom is 0.265 e. The number of nitrogens with one attached hydrogen (secondary N) is 1. The smallest absolute Gasteiger partial charge is 0.265 e. The Morgan fingerprint density at radius 3 is 2.29 bits per heavy atom. The van der Waals surface area contributed by atoms with Crippen molar-refractivity contribution in [1.82, 2.24) is 0 Å². The van der Waals surface area contributed by atoms with Crippen LogP contribution in [-0.4, -0.2) is 25.0 Å². The normalized spacial score (nSPS) is 11.3. The van der Waals surface area contributed by atoms with Gasteiger partial charge in [-0.05, 0) is 48.9 Å². The third-order valence-corrected chi connectivity index (χ3v) is 4.50. The highest BCUT2D eigenvalue weighted by atomic mass is 16.5. The zero-order valence-corrected chi connectivity index (χ0v) is 17.3. The van der Waals surface area contributed by atoms with E-state index in [-0.39, 0.29) is 17.2 Å². The third kappa shape index (κ3) is 5.99. The number of hydrogen-bond acceptors (Lipinski definition) is 5. The summed E-state index contributed by atoms with van der Waals surface area (Å²) in [5.74, 6) is 0.319. The molecule has 31 heavy (non-hydrogen) atoms. The van der Waals surface area contributed by atoms with Crippen LogP contribution >= 0.6 is 0 Å². The number of hydrogen-bond donors (Lipinski definition) is 2. The first-order valence-electron chi connectivity index (χ1n) is 9.68. The Bertz CT molecular complexity index is 1040. The summed E-state index contributed by atoms with van der Waals surface area (Å²) in [6, 6.07) is 21.5. The summed E-state index contributed by atoms with van der Waals surface area (Å²) >= 11 is 0. The fourth-order valence-corrected chi connectivity index (χ4v) is 2.79. The highest BCUT2D eigenvalue weighted by Gasteiger charge is 2.19. The van der Waals surface area contributed by atoms with Gasteiger partial charge in [-0.25, -0.2) is 0 Å². The Kier molecular flexibility index (Phi) is 7.11. The third-order valence-electron chi connectivity index (χ3n) is 4.50. The lowest BCUT2D eigenvalue weighted by Crippen LogP contribution is -2.31.